The Kier molecular flexibility index (Phi) is 4.79. The molecule has 0 radical (unpaired) electrons. The number of rotatable bonds is 5. The largest absolute Gasteiger partial charge is 0.394 e. The second-order valence-electron chi connectivity index (χ2n) is 5.39. The van der Waals surface area contributed by atoms with Crippen molar-refractivity contribution in [1.82, 2.24) is 19.6 Å². The number of aliphatic hydroxyl groups is 1. The molecule has 0 saturated heterocycles. The van der Waals surface area contributed by atoms with Crippen LogP contribution in [0.15, 0.2) is 42.7 Å². The molecule has 26 heavy (non-hydrogen) atoms. The van der Waals surface area contributed by atoms with Crippen molar-refractivity contribution in [1.29, 1.82) is 10.5 Å². The fourth-order valence-electron chi connectivity index (χ4n) is 2.49. The molecule has 128 valence electrons. The SMILES string of the molecule is N#CC(=Cc1cnn(-c2ccccc2)c1)c1nn(CCO)c(N)c1C#N. The average molecular weight is 345 g/mol. The Bertz CT molecular complexity index is 1030. The predicted molar refractivity (Wildman–Crippen MR) is 95.5 cm³/mol. The van der Waals surface area contributed by atoms with Gasteiger partial charge in [-0.15, -0.1) is 0 Å². The van der Waals surface area contributed by atoms with E-state index in [2.05, 4.69) is 16.3 Å². The first-order valence-electron chi connectivity index (χ1n) is 7.77. The Morgan fingerprint density at radius 1 is 1.27 bits per heavy atom. The van der Waals surface area contributed by atoms with E-state index in [0.29, 0.717) is 5.56 Å². The lowest BCUT2D eigenvalue weighted by Gasteiger charge is -1.99. The minimum Gasteiger partial charge on any atom is -0.394 e. The monoisotopic (exact) mass is 345 g/mol. The van der Waals surface area contributed by atoms with E-state index in [9.17, 15) is 10.5 Å². The third kappa shape index (κ3) is 3.18. The van der Waals surface area contributed by atoms with Gasteiger partial charge in [-0.05, 0) is 18.2 Å². The van der Waals surface area contributed by atoms with E-state index in [1.54, 1.807) is 23.2 Å². The minimum atomic E-state index is -0.175. The van der Waals surface area contributed by atoms with Crippen LogP contribution < -0.4 is 5.73 Å². The zero-order valence-electron chi connectivity index (χ0n) is 13.7. The predicted octanol–water partition coefficient (Wildman–Crippen LogP) is 1.58. The number of nitriles is 2. The van der Waals surface area contributed by atoms with E-state index in [4.69, 9.17) is 10.8 Å². The number of para-hydroxylation sites is 1. The van der Waals surface area contributed by atoms with Gasteiger partial charge in [0.15, 0.2) is 0 Å². The molecule has 8 nitrogen and oxygen atoms in total. The molecule has 2 heterocycles. The highest BCUT2D eigenvalue weighted by Gasteiger charge is 2.19. The van der Waals surface area contributed by atoms with Crippen molar-refractivity contribution in [3.8, 4) is 17.8 Å². The molecule has 0 aliphatic carbocycles. The van der Waals surface area contributed by atoms with E-state index >= 15 is 0 Å². The van der Waals surface area contributed by atoms with E-state index in [1.165, 1.54) is 4.68 Å². The van der Waals surface area contributed by atoms with Crippen molar-refractivity contribution >= 4 is 17.5 Å². The van der Waals surface area contributed by atoms with Gasteiger partial charge >= 0.3 is 0 Å². The molecule has 2 aromatic heterocycles. The highest BCUT2D eigenvalue weighted by atomic mass is 16.3. The summed E-state index contributed by atoms with van der Waals surface area (Å²) >= 11 is 0. The number of anilines is 1. The number of nitrogens with two attached hydrogens (primary N) is 1. The first-order valence-corrected chi connectivity index (χ1v) is 7.77. The van der Waals surface area contributed by atoms with Crippen LogP contribution in [-0.2, 0) is 6.54 Å². The van der Waals surface area contributed by atoms with Crippen LogP contribution in [0.1, 0.15) is 16.8 Å². The maximum Gasteiger partial charge on any atom is 0.140 e. The van der Waals surface area contributed by atoms with Crippen molar-refractivity contribution < 1.29 is 5.11 Å². The smallest absolute Gasteiger partial charge is 0.140 e. The van der Waals surface area contributed by atoms with Gasteiger partial charge in [-0.25, -0.2) is 9.36 Å². The lowest BCUT2D eigenvalue weighted by Crippen LogP contribution is -2.07. The van der Waals surface area contributed by atoms with E-state index in [-0.39, 0.29) is 35.8 Å². The summed E-state index contributed by atoms with van der Waals surface area (Å²) in [5, 5.41) is 36.4. The van der Waals surface area contributed by atoms with Crippen LogP contribution in [0.2, 0.25) is 0 Å². The molecule has 3 rings (SSSR count). The quantitative estimate of drug-likeness (QED) is 0.675. The summed E-state index contributed by atoms with van der Waals surface area (Å²) < 4.78 is 3.00. The van der Waals surface area contributed by atoms with Gasteiger partial charge in [0.1, 0.15) is 29.2 Å². The average Bonchev–Trinajstić information content (AvgIpc) is 3.26. The Morgan fingerprint density at radius 3 is 2.69 bits per heavy atom. The van der Waals surface area contributed by atoms with Crippen LogP contribution in [-0.4, -0.2) is 31.3 Å². The maximum atomic E-state index is 9.52. The number of allylic oxidation sites excluding steroid dienone is 1. The van der Waals surface area contributed by atoms with Crippen LogP contribution in [0.4, 0.5) is 5.82 Å². The number of benzene rings is 1. The highest BCUT2D eigenvalue weighted by molar-refractivity contribution is 5.91. The number of aliphatic hydroxyl groups excluding tert-OH is 1. The second kappa shape index (κ2) is 7.34. The molecule has 0 bridgehead atoms. The van der Waals surface area contributed by atoms with Gasteiger partial charge in [0, 0.05) is 11.8 Å². The van der Waals surface area contributed by atoms with Gasteiger partial charge < -0.3 is 10.8 Å². The molecule has 0 unspecified atom stereocenters. The van der Waals surface area contributed by atoms with Gasteiger partial charge in [-0.3, -0.25) is 0 Å². The Morgan fingerprint density at radius 2 is 2.04 bits per heavy atom. The van der Waals surface area contributed by atoms with Crippen molar-refractivity contribution in [2.24, 2.45) is 0 Å². The number of hydrogen-bond donors (Lipinski definition) is 2. The van der Waals surface area contributed by atoms with Crippen LogP contribution >= 0.6 is 0 Å². The Labute approximate surface area is 149 Å². The molecule has 8 heteroatoms. The fourth-order valence-corrected chi connectivity index (χ4v) is 2.49. The standard InChI is InChI=1S/C18H15N7O/c19-9-14(17-16(10-20)18(21)24(23-17)6-7-26)8-13-11-22-25(12-13)15-4-2-1-3-5-15/h1-5,8,11-12,26H,6-7,21H2. The zero-order chi connectivity index (χ0) is 18.5. The number of hydrogen-bond acceptors (Lipinski definition) is 6. The molecule has 0 aliphatic rings. The van der Waals surface area contributed by atoms with E-state index in [1.807, 2.05) is 36.4 Å². The van der Waals surface area contributed by atoms with Crippen LogP contribution in [0.3, 0.4) is 0 Å². The van der Waals surface area contributed by atoms with Crippen molar-refractivity contribution in [2.45, 2.75) is 6.54 Å². The van der Waals surface area contributed by atoms with Gasteiger partial charge in [0.05, 0.1) is 30.6 Å². The third-order valence-corrected chi connectivity index (χ3v) is 3.73. The summed E-state index contributed by atoms with van der Waals surface area (Å²) in [6.45, 7) is -0.0310. The molecule has 1 aromatic carbocycles. The fraction of sp³-hybridized carbons (Fsp3) is 0.111. The van der Waals surface area contributed by atoms with Crippen molar-refractivity contribution in [3.05, 3.63) is 59.5 Å². The first kappa shape index (κ1) is 17.0. The summed E-state index contributed by atoms with van der Waals surface area (Å²) in [6.07, 6.45) is 4.98. The Hall–Kier alpha value is -3.88. The van der Waals surface area contributed by atoms with Crippen molar-refractivity contribution in [3.63, 3.8) is 0 Å². The van der Waals surface area contributed by atoms with Gasteiger partial charge in [-0.2, -0.15) is 20.7 Å². The molecular formula is C18H15N7O. The molecule has 0 aliphatic heterocycles. The lowest BCUT2D eigenvalue weighted by molar-refractivity contribution is 0.270. The highest BCUT2D eigenvalue weighted by Crippen LogP contribution is 2.24. The topological polar surface area (TPSA) is 129 Å². The van der Waals surface area contributed by atoms with E-state index in [0.717, 1.165) is 5.69 Å². The zero-order valence-corrected chi connectivity index (χ0v) is 13.7. The molecule has 0 fully saturated rings. The molecule has 0 atom stereocenters. The third-order valence-electron chi connectivity index (χ3n) is 3.73. The van der Waals surface area contributed by atoms with Gasteiger partial charge in [-0.1, -0.05) is 18.2 Å². The van der Waals surface area contributed by atoms with Gasteiger partial charge in [0.2, 0.25) is 0 Å². The molecule has 0 spiro atoms. The summed E-state index contributed by atoms with van der Waals surface area (Å²) in [5.74, 6) is 0.123. The van der Waals surface area contributed by atoms with Gasteiger partial charge in [0.25, 0.3) is 0 Å². The molecule has 3 N–H and O–H groups in total. The molecule has 0 saturated carbocycles. The summed E-state index contributed by atoms with van der Waals surface area (Å²) in [5.41, 5.74) is 7.95. The van der Waals surface area contributed by atoms with Crippen LogP contribution in [0.5, 0.6) is 0 Å². The van der Waals surface area contributed by atoms with Crippen LogP contribution in [0, 0.1) is 22.7 Å². The number of nitrogens with zero attached hydrogens (tertiary/aromatic N) is 6. The normalized spacial score (nSPS) is 11.1. The summed E-state index contributed by atoms with van der Waals surface area (Å²) in [6, 6.07) is 13.6. The molecule has 0 amide bonds. The summed E-state index contributed by atoms with van der Waals surface area (Å²) in [7, 11) is 0. The molecular weight excluding hydrogens is 330 g/mol. The number of aromatic nitrogens is 4. The lowest BCUT2D eigenvalue weighted by atomic mass is 10.1. The van der Waals surface area contributed by atoms with Crippen molar-refractivity contribution in [2.75, 3.05) is 12.3 Å². The molecule has 3 aromatic rings. The van der Waals surface area contributed by atoms with E-state index < -0.39 is 0 Å². The minimum absolute atomic E-state index is 0.113. The second-order valence-corrected chi connectivity index (χ2v) is 5.39. The first-order chi connectivity index (χ1) is 12.7. The number of nitrogen functional groups attached to an aromatic ring is 1. The van der Waals surface area contributed by atoms with Crippen LogP contribution in [0.25, 0.3) is 17.3 Å². The summed E-state index contributed by atoms with van der Waals surface area (Å²) in [4.78, 5) is 0. The Balaban J connectivity index is 2.00. The maximum absolute atomic E-state index is 9.52.